The van der Waals surface area contributed by atoms with Gasteiger partial charge >= 0.3 is 5.97 Å². The fourth-order valence-electron chi connectivity index (χ4n) is 3.50. The van der Waals surface area contributed by atoms with Crippen LogP contribution in [0.2, 0.25) is 0 Å². The Kier molecular flexibility index (Phi) is 14.8. The first-order chi connectivity index (χ1) is 18.4. The molecule has 0 saturated carbocycles. The molecule has 0 heterocycles. The fourth-order valence-corrected chi connectivity index (χ4v) is 3.88. The van der Waals surface area contributed by atoms with Crippen molar-refractivity contribution in [3.63, 3.8) is 0 Å². The molecule has 0 unspecified atom stereocenters. The van der Waals surface area contributed by atoms with Crippen molar-refractivity contribution >= 4 is 39.9 Å². The molecule has 2 aromatic carbocycles. The number of benzene rings is 2. The lowest BCUT2D eigenvalue weighted by Crippen LogP contribution is -2.34. The molecular weight excluding hydrogens is 550 g/mol. The summed E-state index contributed by atoms with van der Waals surface area (Å²) in [5.74, 6) is -0.163. The summed E-state index contributed by atoms with van der Waals surface area (Å²) in [6.07, 6.45) is 10.6. The van der Waals surface area contributed by atoms with E-state index >= 15 is 0 Å². The first kappa shape index (κ1) is 31.0. The summed E-state index contributed by atoms with van der Waals surface area (Å²) in [6.45, 7) is 4.65. The predicted octanol–water partition coefficient (Wildman–Crippen LogP) is 6.16. The Labute approximate surface area is 233 Å². The van der Waals surface area contributed by atoms with E-state index in [0.29, 0.717) is 29.9 Å². The SMILES string of the molecule is CCCCCCCCCC(=O)NCC(=O)N/N=C\c1cc(Br)ccc1OC(=O)c1ccc(OCCC)cc1. The van der Waals surface area contributed by atoms with Gasteiger partial charge in [-0.15, -0.1) is 0 Å². The molecule has 2 N–H and O–H groups in total. The molecule has 0 aliphatic heterocycles. The monoisotopic (exact) mass is 587 g/mol. The highest BCUT2D eigenvalue weighted by Crippen LogP contribution is 2.23. The largest absolute Gasteiger partial charge is 0.494 e. The number of carbonyl (C=O) groups is 3. The Balaban J connectivity index is 1.80. The maximum atomic E-state index is 12.6. The maximum Gasteiger partial charge on any atom is 0.343 e. The van der Waals surface area contributed by atoms with Crippen molar-refractivity contribution in [3.05, 3.63) is 58.1 Å². The van der Waals surface area contributed by atoms with Gasteiger partial charge < -0.3 is 14.8 Å². The second kappa shape index (κ2) is 18.1. The molecule has 0 spiro atoms. The van der Waals surface area contributed by atoms with Crippen LogP contribution in [0.5, 0.6) is 11.5 Å². The van der Waals surface area contributed by atoms with Crippen molar-refractivity contribution in [2.45, 2.75) is 71.6 Å². The number of halogens is 1. The smallest absolute Gasteiger partial charge is 0.343 e. The number of ether oxygens (including phenoxy) is 2. The van der Waals surface area contributed by atoms with Gasteiger partial charge in [-0.05, 0) is 55.3 Å². The van der Waals surface area contributed by atoms with Gasteiger partial charge in [0.1, 0.15) is 11.5 Å². The number of esters is 1. The zero-order valence-corrected chi connectivity index (χ0v) is 23.8. The summed E-state index contributed by atoms with van der Waals surface area (Å²) in [6, 6.07) is 11.8. The summed E-state index contributed by atoms with van der Waals surface area (Å²) < 4.78 is 11.8. The van der Waals surface area contributed by atoms with E-state index in [2.05, 4.69) is 38.7 Å². The summed E-state index contributed by atoms with van der Waals surface area (Å²) in [5, 5.41) is 6.56. The summed E-state index contributed by atoms with van der Waals surface area (Å²) >= 11 is 3.39. The highest BCUT2D eigenvalue weighted by Gasteiger charge is 2.12. The lowest BCUT2D eigenvalue weighted by Gasteiger charge is -2.09. The summed E-state index contributed by atoms with van der Waals surface area (Å²) in [4.78, 5) is 36.7. The fraction of sp³-hybridized carbons (Fsp3) is 0.448. The van der Waals surface area contributed by atoms with Gasteiger partial charge in [0.2, 0.25) is 5.91 Å². The molecule has 2 amide bonds. The van der Waals surface area contributed by atoms with Crippen LogP contribution in [0.4, 0.5) is 0 Å². The Morgan fingerprint density at radius 2 is 1.61 bits per heavy atom. The maximum absolute atomic E-state index is 12.6. The lowest BCUT2D eigenvalue weighted by molar-refractivity contribution is -0.126. The standard InChI is InChI=1S/C29H38BrN3O5/c1-3-5-6-7-8-9-10-11-27(34)31-21-28(35)33-32-20-23-19-24(30)14-17-26(23)38-29(36)22-12-15-25(16-13-22)37-18-4-2/h12-17,19-20H,3-11,18,21H2,1-2H3,(H,31,34)(H,33,35)/b32-20-. The molecule has 2 rings (SSSR count). The molecule has 38 heavy (non-hydrogen) atoms. The first-order valence-corrected chi connectivity index (χ1v) is 14.1. The topological polar surface area (TPSA) is 106 Å². The summed E-state index contributed by atoms with van der Waals surface area (Å²) in [5.41, 5.74) is 3.24. The average Bonchev–Trinajstić information content (AvgIpc) is 2.92. The molecular formula is C29H38BrN3O5. The number of unbranched alkanes of at least 4 members (excludes halogenated alkanes) is 6. The van der Waals surface area contributed by atoms with E-state index in [-0.39, 0.29) is 18.2 Å². The van der Waals surface area contributed by atoms with Gasteiger partial charge in [-0.25, -0.2) is 10.2 Å². The van der Waals surface area contributed by atoms with Crippen LogP contribution in [-0.2, 0) is 9.59 Å². The third-order valence-corrected chi connectivity index (χ3v) is 6.08. The molecule has 0 aliphatic carbocycles. The van der Waals surface area contributed by atoms with Crippen molar-refractivity contribution in [2.75, 3.05) is 13.2 Å². The third-order valence-electron chi connectivity index (χ3n) is 5.58. The van der Waals surface area contributed by atoms with Gasteiger partial charge in [0.25, 0.3) is 5.91 Å². The average molecular weight is 589 g/mol. The van der Waals surface area contributed by atoms with E-state index in [9.17, 15) is 14.4 Å². The number of hydrazone groups is 1. The van der Waals surface area contributed by atoms with Crippen LogP contribution in [0.15, 0.2) is 52.0 Å². The number of hydrogen-bond acceptors (Lipinski definition) is 6. The number of amides is 2. The molecule has 9 heteroatoms. The van der Waals surface area contributed by atoms with E-state index in [0.717, 1.165) is 30.2 Å². The molecule has 206 valence electrons. The number of rotatable bonds is 17. The Bertz CT molecular complexity index is 1060. The normalized spacial score (nSPS) is 10.8. The van der Waals surface area contributed by atoms with Gasteiger partial charge in [0, 0.05) is 16.5 Å². The minimum absolute atomic E-state index is 0.149. The number of nitrogens with zero attached hydrogens (tertiary/aromatic N) is 1. The van der Waals surface area contributed by atoms with Crippen LogP contribution in [0, 0.1) is 0 Å². The third kappa shape index (κ3) is 12.4. The predicted molar refractivity (Wildman–Crippen MR) is 153 cm³/mol. The van der Waals surface area contributed by atoms with Gasteiger partial charge in [-0.1, -0.05) is 68.3 Å². The van der Waals surface area contributed by atoms with Crippen molar-refractivity contribution in [3.8, 4) is 11.5 Å². The highest BCUT2D eigenvalue weighted by atomic mass is 79.9. The van der Waals surface area contributed by atoms with E-state index in [1.807, 2.05) is 6.92 Å². The van der Waals surface area contributed by atoms with Crippen LogP contribution >= 0.6 is 15.9 Å². The molecule has 8 nitrogen and oxygen atoms in total. The zero-order chi connectivity index (χ0) is 27.6. The second-order valence-electron chi connectivity index (χ2n) is 8.89. The van der Waals surface area contributed by atoms with Crippen LogP contribution in [0.25, 0.3) is 0 Å². The second-order valence-corrected chi connectivity index (χ2v) is 9.80. The molecule has 2 aromatic rings. The first-order valence-electron chi connectivity index (χ1n) is 13.3. The Morgan fingerprint density at radius 1 is 0.895 bits per heavy atom. The van der Waals surface area contributed by atoms with Gasteiger partial charge in [0.15, 0.2) is 0 Å². The van der Waals surface area contributed by atoms with Crippen LogP contribution in [0.3, 0.4) is 0 Å². The summed E-state index contributed by atoms with van der Waals surface area (Å²) in [7, 11) is 0. The van der Waals surface area contributed by atoms with Crippen molar-refractivity contribution in [2.24, 2.45) is 5.10 Å². The van der Waals surface area contributed by atoms with E-state index in [1.54, 1.807) is 42.5 Å². The van der Waals surface area contributed by atoms with Gasteiger partial charge in [-0.3, -0.25) is 9.59 Å². The Morgan fingerprint density at radius 3 is 2.32 bits per heavy atom. The van der Waals surface area contributed by atoms with Gasteiger partial charge in [-0.2, -0.15) is 5.10 Å². The Hall–Kier alpha value is -3.20. The van der Waals surface area contributed by atoms with E-state index in [4.69, 9.17) is 9.47 Å². The quantitative estimate of drug-likeness (QED) is 0.0757. The van der Waals surface area contributed by atoms with Crippen molar-refractivity contribution in [1.29, 1.82) is 0 Å². The molecule has 0 aromatic heterocycles. The minimum Gasteiger partial charge on any atom is -0.494 e. The number of nitrogens with one attached hydrogen (secondary N) is 2. The lowest BCUT2D eigenvalue weighted by atomic mass is 10.1. The zero-order valence-electron chi connectivity index (χ0n) is 22.3. The minimum atomic E-state index is -0.531. The van der Waals surface area contributed by atoms with E-state index in [1.165, 1.54) is 31.9 Å². The van der Waals surface area contributed by atoms with E-state index < -0.39 is 11.9 Å². The molecule has 0 radical (unpaired) electrons. The van der Waals surface area contributed by atoms with Crippen LogP contribution < -0.4 is 20.2 Å². The van der Waals surface area contributed by atoms with Crippen molar-refractivity contribution < 1.29 is 23.9 Å². The van der Waals surface area contributed by atoms with Crippen LogP contribution in [0.1, 0.15) is 87.6 Å². The molecule has 0 atom stereocenters. The molecule has 0 fully saturated rings. The molecule has 0 bridgehead atoms. The molecule has 0 saturated heterocycles. The number of hydrogen-bond donors (Lipinski definition) is 2. The number of carbonyl (C=O) groups excluding carboxylic acids is 3. The highest BCUT2D eigenvalue weighted by molar-refractivity contribution is 9.10. The van der Waals surface area contributed by atoms with Gasteiger partial charge in [0.05, 0.1) is 24.9 Å². The van der Waals surface area contributed by atoms with Crippen molar-refractivity contribution in [1.82, 2.24) is 10.7 Å². The van der Waals surface area contributed by atoms with Crippen LogP contribution in [-0.4, -0.2) is 37.1 Å². The molecule has 0 aliphatic rings.